The van der Waals surface area contributed by atoms with Crippen LogP contribution in [0.15, 0.2) is 65.2 Å². The van der Waals surface area contributed by atoms with E-state index in [1.165, 1.54) is 0 Å². The first kappa shape index (κ1) is 18.0. The van der Waals surface area contributed by atoms with E-state index in [0.29, 0.717) is 17.0 Å². The van der Waals surface area contributed by atoms with Gasteiger partial charge in [0.25, 0.3) is 11.8 Å². The highest BCUT2D eigenvalue weighted by molar-refractivity contribution is 6.08. The van der Waals surface area contributed by atoms with Crippen molar-refractivity contribution in [2.24, 2.45) is 0 Å². The number of para-hydroxylation sites is 1. The molecule has 1 aliphatic rings. The quantitative estimate of drug-likeness (QED) is 0.741. The van der Waals surface area contributed by atoms with E-state index in [-0.39, 0.29) is 11.6 Å². The number of nitrogens with one attached hydrogen (secondary N) is 1. The lowest BCUT2D eigenvalue weighted by Gasteiger charge is -2.27. The lowest BCUT2D eigenvalue weighted by molar-refractivity contribution is 0.0725. The van der Waals surface area contributed by atoms with Gasteiger partial charge in [-0.1, -0.05) is 47.6 Å². The fourth-order valence-electron chi connectivity index (χ4n) is 3.35. The van der Waals surface area contributed by atoms with Gasteiger partial charge in [0.2, 0.25) is 0 Å². The van der Waals surface area contributed by atoms with Crippen LogP contribution >= 0.6 is 0 Å². The number of carbonyl (C=O) groups excluding carboxylic acids is 2. The molecule has 28 heavy (non-hydrogen) atoms. The third kappa shape index (κ3) is 3.81. The van der Waals surface area contributed by atoms with Crippen molar-refractivity contribution in [3.05, 3.63) is 71.9 Å². The zero-order chi connectivity index (χ0) is 19.3. The van der Waals surface area contributed by atoms with Crippen LogP contribution in [0.3, 0.4) is 0 Å². The molecule has 3 aromatic rings. The zero-order valence-corrected chi connectivity index (χ0v) is 15.4. The maximum atomic E-state index is 12.9. The van der Waals surface area contributed by atoms with Crippen molar-refractivity contribution in [1.82, 2.24) is 10.1 Å². The van der Waals surface area contributed by atoms with Crippen LogP contribution in [-0.4, -0.2) is 35.0 Å². The van der Waals surface area contributed by atoms with Gasteiger partial charge in [0.15, 0.2) is 11.5 Å². The standard InChI is InChI=1S/C22H21N3O3/c26-21(19-15-20(28-24-19)16-9-3-1-4-10-16)23-18-12-6-5-11-17(18)22(27)25-13-7-2-8-14-25/h1,3-6,9-12,15H,2,7-8,13-14H2,(H,23,26). The molecule has 4 rings (SSSR count). The van der Waals surface area contributed by atoms with Gasteiger partial charge in [-0.15, -0.1) is 0 Å². The Morgan fingerprint density at radius 3 is 2.43 bits per heavy atom. The van der Waals surface area contributed by atoms with Crippen LogP contribution < -0.4 is 5.32 Å². The average molecular weight is 375 g/mol. The van der Waals surface area contributed by atoms with Gasteiger partial charge in [-0.05, 0) is 31.4 Å². The molecule has 2 heterocycles. The number of carbonyl (C=O) groups is 2. The predicted molar refractivity (Wildman–Crippen MR) is 106 cm³/mol. The highest BCUT2D eigenvalue weighted by Crippen LogP contribution is 2.23. The number of anilines is 1. The third-order valence-electron chi connectivity index (χ3n) is 4.85. The van der Waals surface area contributed by atoms with Gasteiger partial charge in [0, 0.05) is 24.7 Å². The first-order chi connectivity index (χ1) is 13.7. The van der Waals surface area contributed by atoms with E-state index in [1.807, 2.05) is 35.2 Å². The first-order valence-electron chi connectivity index (χ1n) is 9.44. The Balaban J connectivity index is 1.52. The molecule has 6 nitrogen and oxygen atoms in total. The minimum absolute atomic E-state index is 0.0549. The normalized spacial score (nSPS) is 13.9. The Morgan fingerprint density at radius 2 is 1.64 bits per heavy atom. The molecule has 0 spiro atoms. The number of nitrogens with zero attached hydrogens (tertiary/aromatic N) is 2. The van der Waals surface area contributed by atoms with E-state index in [9.17, 15) is 9.59 Å². The van der Waals surface area contributed by atoms with E-state index in [0.717, 1.165) is 37.9 Å². The number of likely N-dealkylation sites (tertiary alicyclic amines) is 1. The Morgan fingerprint density at radius 1 is 0.929 bits per heavy atom. The summed E-state index contributed by atoms with van der Waals surface area (Å²) in [7, 11) is 0. The highest BCUT2D eigenvalue weighted by Gasteiger charge is 2.22. The molecule has 1 saturated heterocycles. The van der Waals surface area contributed by atoms with Crippen molar-refractivity contribution in [1.29, 1.82) is 0 Å². The molecule has 0 saturated carbocycles. The van der Waals surface area contributed by atoms with Crippen LogP contribution in [0.5, 0.6) is 0 Å². The van der Waals surface area contributed by atoms with Crippen molar-refractivity contribution in [2.75, 3.05) is 18.4 Å². The molecule has 1 aliphatic heterocycles. The second-order valence-corrected chi connectivity index (χ2v) is 6.79. The van der Waals surface area contributed by atoms with Crippen LogP contribution in [0.2, 0.25) is 0 Å². The molecule has 0 aliphatic carbocycles. The van der Waals surface area contributed by atoms with Crippen LogP contribution in [0, 0.1) is 0 Å². The average Bonchev–Trinajstić information content (AvgIpc) is 3.25. The Labute approximate surface area is 163 Å². The van der Waals surface area contributed by atoms with Crippen molar-refractivity contribution in [2.45, 2.75) is 19.3 Å². The van der Waals surface area contributed by atoms with Crippen LogP contribution in [0.1, 0.15) is 40.1 Å². The summed E-state index contributed by atoms with van der Waals surface area (Å²) >= 11 is 0. The maximum Gasteiger partial charge on any atom is 0.277 e. The molecule has 0 unspecified atom stereocenters. The van der Waals surface area contributed by atoms with Crippen molar-refractivity contribution in [3.63, 3.8) is 0 Å². The topological polar surface area (TPSA) is 75.4 Å². The molecular weight excluding hydrogens is 354 g/mol. The fourth-order valence-corrected chi connectivity index (χ4v) is 3.35. The summed E-state index contributed by atoms with van der Waals surface area (Å²) < 4.78 is 5.30. The van der Waals surface area contributed by atoms with Crippen molar-refractivity contribution in [3.8, 4) is 11.3 Å². The largest absolute Gasteiger partial charge is 0.355 e. The Kier molecular flexibility index (Phi) is 5.19. The third-order valence-corrected chi connectivity index (χ3v) is 4.85. The molecule has 1 aromatic heterocycles. The minimum atomic E-state index is -0.412. The van der Waals surface area contributed by atoms with Crippen LogP contribution in [0.4, 0.5) is 5.69 Å². The number of amides is 2. The number of aromatic nitrogens is 1. The molecule has 2 aromatic carbocycles. The molecule has 0 radical (unpaired) electrons. The lowest BCUT2D eigenvalue weighted by atomic mass is 10.1. The summed E-state index contributed by atoms with van der Waals surface area (Å²) in [5, 5.41) is 6.67. The predicted octanol–water partition coefficient (Wildman–Crippen LogP) is 4.22. The molecule has 2 amide bonds. The molecule has 0 bridgehead atoms. The van der Waals surface area contributed by atoms with E-state index < -0.39 is 5.91 Å². The molecule has 0 atom stereocenters. The van der Waals surface area contributed by atoms with Crippen molar-refractivity contribution < 1.29 is 14.1 Å². The second kappa shape index (κ2) is 8.08. The molecule has 1 fully saturated rings. The van der Waals surface area contributed by atoms with E-state index in [4.69, 9.17) is 4.52 Å². The van der Waals surface area contributed by atoms with Crippen LogP contribution in [-0.2, 0) is 0 Å². The molecule has 1 N–H and O–H groups in total. The Bertz CT molecular complexity index is 975. The molecule has 142 valence electrons. The van der Waals surface area contributed by atoms with E-state index >= 15 is 0 Å². The molecular formula is C22H21N3O3. The monoisotopic (exact) mass is 375 g/mol. The number of hydrogen-bond donors (Lipinski definition) is 1. The number of hydrogen-bond acceptors (Lipinski definition) is 4. The van der Waals surface area contributed by atoms with Gasteiger partial charge in [-0.25, -0.2) is 0 Å². The molecule has 6 heteroatoms. The Hall–Kier alpha value is -3.41. The zero-order valence-electron chi connectivity index (χ0n) is 15.4. The number of benzene rings is 2. The van der Waals surface area contributed by atoms with E-state index in [2.05, 4.69) is 10.5 Å². The van der Waals surface area contributed by atoms with Crippen molar-refractivity contribution >= 4 is 17.5 Å². The highest BCUT2D eigenvalue weighted by atomic mass is 16.5. The summed E-state index contributed by atoms with van der Waals surface area (Å²) in [4.78, 5) is 27.4. The number of piperidine rings is 1. The fraction of sp³-hybridized carbons (Fsp3) is 0.227. The van der Waals surface area contributed by atoms with Gasteiger partial charge >= 0.3 is 0 Å². The van der Waals surface area contributed by atoms with E-state index in [1.54, 1.807) is 30.3 Å². The van der Waals surface area contributed by atoms with Gasteiger partial charge in [0.1, 0.15) is 0 Å². The number of rotatable bonds is 4. The summed E-state index contributed by atoms with van der Waals surface area (Å²) in [5.41, 5.74) is 1.98. The summed E-state index contributed by atoms with van der Waals surface area (Å²) in [5.74, 6) is 0.0500. The van der Waals surface area contributed by atoms with Gasteiger partial charge in [0.05, 0.1) is 11.3 Å². The van der Waals surface area contributed by atoms with Gasteiger partial charge < -0.3 is 14.7 Å². The van der Waals surface area contributed by atoms with Gasteiger partial charge in [-0.3, -0.25) is 9.59 Å². The van der Waals surface area contributed by atoms with Crippen LogP contribution in [0.25, 0.3) is 11.3 Å². The first-order valence-corrected chi connectivity index (χ1v) is 9.44. The maximum absolute atomic E-state index is 12.9. The van der Waals surface area contributed by atoms with Gasteiger partial charge in [-0.2, -0.15) is 0 Å². The smallest absolute Gasteiger partial charge is 0.277 e. The lowest BCUT2D eigenvalue weighted by Crippen LogP contribution is -2.36. The summed E-state index contributed by atoms with van der Waals surface area (Å²) in [6, 6.07) is 18.1. The summed E-state index contributed by atoms with van der Waals surface area (Å²) in [6.45, 7) is 1.51. The SMILES string of the molecule is O=C(Nc1ccccc1C(=O)N1CCCCC1)c1cc(-c2ccccc2)on1. The minimum Gasteiger partial charge on any atom is -0.355 e. The summed E-state index contributed by atoms with van der Waals surface area (Å²) in [6.07, 6.45) is 3.18. The second-order valence-electron chi connectivity index (χ2n) is 6.79.